The minimum Gasteiger partial charge on any atom is -0.493 e. The topological polar surface area (TPSA) is 63.2 Å². The van der Waals surface area contributed by atoms with Crippen molar-refractivity contribution in [2.75, 3.05) is 21.3 Å². The van der Waals surface area contributed by atoms with Gasteiger partial charge in [-0.3, -0.25) is 0 Å². The van der Waals surface area contributed by atoms with E-state index in [2.05, 4.69) is 0 Å². The highest BCUT2D eigenvalue weighted by atomic mass is 28.4. The lowest BCUT2D eigenvalue weighted by Crippen LogP contribution is -2.26. The van der Waals surface area contributed by atoms with Gasteiger partial charge in [0.1, 0.15) is 0 Å². The zero-order valence-electron chi connectivity index (χ0n) is 13.8. The molecule has 0 saturated heterocycles. The maximum absolute atomic E-state index is 11.6. The van der Waals surface area contributed by atoms with Crippen LogP contribution in [0.2, 0.25) is 19.6 Å². The molecule has 0 saturated carbocycles. The van der Waals surface area contributed by atoms with Crippen molar-refractivity contribution in [2.24, 2.45) is 0 Å². The summed E-state index contributed by atoms with van der Waals surface area (Å²) in [6.45, 7) is 5.75. The number of benzene rings is 1. The Labute approximate surface area is 131 Å². The summed E-state index contributed by atoms with van der Waals surface area (Å²) in [4.78, 5) is 16.4. The van der Waals surface area contributed by atoms with Crippen LogP contribution in [0.25, 0.3) is 6.08 Å². The second-order valence-electron chi connectivity index (χ2n) is 5.35. The highest BCUT2D eigenvalue weighted by Gasteiger charge is 2.18. The van der Waals surface area contributed by atoms with Crippen LogP contribution in [-0.2, 0) is 14.3 Å². The summed E-state index contributed by atoms with van der Waals surface area (Å²) in [7, 11) is 2.66. The van der Waals surface area contributed by atoms with Crippen molar-refractivity contribution in [3.05, 3.63) is 23.8 Å². The molecule has 1 rings (SSSR count). The van der Waals surface area contributed by atoms with Gasteiger partial charge < -0.3 is 19.1 Å². The Bertz CT molecular complexity index is 548. The Kier molecular flexibility index (Phi) is 6.45. The van der Waals surface area contributed by atoms with Gasteiger partial charge in [0.05, 0.1) is 21.3 Å². The van der Waals surface area contributed by atoms with Crippen molar-refractivity contribution < 1.29 is 28.5 Å². The summed E-state index contributed by atoms with van der Waals surface area (Å²) < 4.78 is 20.9. The van der Waals surface area contributed by atoms with E-state index in [1.165, 1.54) is 27.4 Å². The lowest BCUT2D eigenvalue weighted by molar-refractivity contribution is -0.213. The van der Waals surface area contributed by atoms with Crippen LogP contribution in [-0.4, -0.2) is 35.6 Å². The van der Waals surface area contributed by atoms with Gasteiger partial charge in [0.2, 0.25) is 14.1 Å². The summed E-state index contributed by atoms with van der Waals surface area (Å²) >= 11 is 0. The molecule has 0 aliphatic rings. The normalized spacial score (nSPS) is 11.4. The molecule has 0 unspecified atom stereocenters. The van der Waals surface area contributed by atoms with E-state index in [-0.39, 0.29) is 0 Å². The number of carbonyl (C=O) groups is 1. The van der Waals surface area contributed by atoms with Crippen LogP contribution < -0.4 is 14.2 Å². The summed E-state index contributed by atoms with van der Waals surface area (Å²) in [5.74, 6) is 0.885. The molecule has 122 valence electrons. The molecule has 0 fully saturated rings. The fourth-order valence-electron chi connectivity index (χ4n) is 1.61. The van der Waals surface area contributed by atoms with Crippen LogP contribution in [0.15, 0.2) is 18.2 Å². The first-order chi connectivity index (χ1) is 10.3. The average Bonchev–Trinajstić information content (AvgIpc) is 2.48. The molecule has 0 aliphatic heterocycles. The molecule has 7 heteroatoms. The van der Waals surface area contributed by atoms with Gasteiger partial charge in [0.25, 0.3) is 0 Å². The van der Waals surface area contributed by atoms with Crippen molar-refractivity contribution in [1.82, 2.24) is 0 Å². The first kappa shape index (κ1) is 18.1. The Morgan fingerprint density at radius 2 is 1.64 bits per heavy atom. The van der Waals surface area contributed by atoms with Gasteiger partial charge in [0, 0.05) is 11.6 Å². The smallest absolute Gasteiger partial charge is 0.364 e. The minimum atomic E-state index is -1.91. The third kappa shape index (κ3) is 5.08. The second kappa shape index (κ2) is 7.86. The standard InChI is InChI=1S/C15H22O6Si/c1-17-12-9-7-11(14(18-2)15(12)19-3)8-10-13(16)20-21-22(4,5)6/h7-10H,1-6H3/b10-8+. The van der Waals surface area contributed by atoms with Crippen molar-refractivity contribution in [1.29, 1.82) is 0 Å². The van der Waals surface area contributed by atoms with Gasteiger partial charge in [-0.25, -0.2) is 9.37 Å². The van der Waals surface area contributed by atoms with Gasteiger partial charge >= 0.3 is 5.97 Å². The molecule has 0 bridgehead atoms. The van der Waals surface area contributed by atoms with Crippen LogP contribution in [0.5, 0.6) is 17.2 Å². The van der Waals surface area contributed by atoms with E-state index in [0.717, 1.165) is 0 Å². The highest BCUT2D eigenvalue weighted by Crippen LogP contribution is 2.40. The number of hydrogen-bond donors (Lipinski definition) is 0. The summed E-state index contributed by atoms with van der Waals surface area (Å²) in [6.07, 6.45) is 2.83. The van der Waals surface area contributed by atoms with Gasteiger partial charge in [-0.1, -0.05) is 0 Å². The zero-order valence-corrected chi connectivity index (χ0v) is 14.8. The summed E-state index contributed by atoms with van der Waals surface area (Å²) in [5.41, 5.74) is 0.658. The molecule has 0 amide bonds. The van der Waals surface area contributed by atoms with E-state index in [1.54, 1.807) is 18.2 Å². The van der Waals surface area contributed by atoms with Crippen molar-refractivity contribution in [2.45, 2.75) is 19.6 Å². The van der Waals surface area contributed by atoms with E-state index in [4.69, 9.17) is 23.7 Å². The predicted octanol–water partition coefficient (Wildman–Crippen LogP) is 3.04. The monoisotopic (exact) mass is 326 g/mol. The quantitative estimate of drug-likeness (QED) is 0.332. The Hall–Kier alpha value is -1.99. The van der Waals surface area contributed by atoms with Crippen LogP contribution in [0, 0.1) is 0 Å². The molecule has 22 heavy (non-hydrogen) atoms. The predicted molar refractivity (Wildman–Crippen MR) is 85.7 cm³/mol. The SMILES string of the molecule is COc1ccc(/C=C/C(=O)OO[Si](C)(C)C)c(OC)c1OC. The van der Waals surface area contributed by atoms with Crippen LogP contribution >= 0.6 is 0 Å². The van der Waals surface area contributed by atoms with E-state index in [9.17, 15) is 4.79 Å². The number of rotatable bonds is 7. The van der Waals surface area contributed by atoms with Crippen molar-refractivity contribution in [3.63, 3.8) is 0 Å². The van der Waals surface area contributed by atoms with Gasteiger partial charge in [-0.2, -0.15) is 0 Å². The van der Waals surface area contributed by atoms with E-state index < -0.39 is 14.3 Å². The van der Waals surface area contributed by atoms with E-state index >= 15 is 0 Å². The molecule has 1 aromatic rings. The zero-order chi connectivity index (χ0) is 16.8. The van der Waals surface area contributed by atoms with Crippen molar-refractivity contribution >= 4 is 20.4 Å². The molecule has 6 nitrogen and oxygen atoms in total. The second-order valence-corrected chi connectivity index (χ2v) is 9.75. The molecule has 0 N–H and O–H groups in total. The summed E-state index contributed by atoms with van der Waals surface area (Å²) in [5, 5.41) is 0. The lowest BCUT2D eigenvalue weighted by atomic mass is 10.1. The number of hydrogen-bond acceptors (Lipinski definition) is 6. The Morgan fingerprint density at radius 1 is 1.00 bits per heavy atom. The first-order valence-corrected chi connectivity index (χ1v) is 10.1. The van der Waals surface area contributed by atoms with E-state index in [0.29, 0.717) is 22.8 Å². The molecular formula is C15H22O6Si. The molecule has 0 atom stereocenters. The maximum atomic E-state index is 11.6. The number of carbonyl (C=O) groups excluding carboxylic acids is 1. The average molecular weight is 326 g/mol. The minimum absolute atomic E-state index is 0.457. The number of ether oxygens (including phenoxy) is 3. The first-order valence-electron chi connectivity index (χ1n) is 6.69. The molecule has 0 radical (unpaired) electrons. The van der Waals surface area contributed by atoms with Crippen LogP contribution in [0.4, 0.5) is 0 Å². The number of methoxy groups -OCH3 is 3. The molecule has 0 heterocycles. The molecule has 0 aliphatic carbocycles. The Morgan fingerprint density at radius 3 is 2.14 bits per heavy atom. The molecule has 1 aromatic carbocycles. The lowest BCUT2D eigenvalue weighted by Gasteiger charge is -2.14. The fourth-order valence-corrected chi connectivity index (χ4v) is 1.94. The van der Waals surface area contributed by atoms with Crippen LogP contribution in [0.1, 0.15) is 5.56 Å². The Balaban J connectivity index is 2.93. The fraction of sp³-hybridized carbons (Fsp3) is 0.400. The van der Waals surface area contributed by atoms with Gasteiger partial charge in [-0.05, 0) is 37.8 Å². The third-order valence-corrected chi connectivity index (χ3v) is 3.09. The summed E-state index contributed by atoms with van der Waals surface area (Å²) in [6, 6.07) is 3.48. The molecule has 0 spiro atoms. The van der Waals surface area contributed by atoms with Gasteiger partial charge in [-0.15, -0.1) is 0 Å². The van der Waals surface area contributed by atoms with Crippen LogP contribution in [0.3, 0.4) is 0 Å². The van der Waals surface area contributed by atoms with Gasteiger partial charge in [0.15, 0.2) is 11.5 Å². The molecule has 0 aromatic heterocycles. The largest absolute Gasteiger partial charge is 0.493 e. The van der Waals surface area contributed by atoms with E-state index in [1.807, 2.05) is 19.6 Å². The molecular weight excluding hydrogens is 304 g/mol. The van der Waals surface area contributed by atoms with Crippen molar-refractivity contribution in [3.8, 4) is 17.2 Å². The maximum Gasteiger partial charge on any atom is 0.364 e. The highest BCUT2D eigenvalue weighted by molar-refractivity contribution is 6.69. The third-order valence-electron chi connectivity index (χ3n) is 2.51.